The first-order valence-corrected chi connectivity index (χ1v) is 9.45. The second-order valence-electron chi connectivity index (χ2n) is 6.54. The Morgan fingerprint density at radius 1 is 1.07 bits per heavy atom. The quantitative estimate of drug-likeness (QED) is 0.720. The zero-order chi connectivity index (χ0) is 21.8. The van der Waals surface area contributed by atoms with Crippen LogP contribution in [0.15, 0.2) is 47.9 Å². The molecule has 1 aliphatic rings. The second kappa shape index (κ2) is 8.94. The molecule has 0 radical (unpaired) electrons. The van der Waals surface area contributed by atoms with Crippen LogP contribution in [-0.4, -0.2) is 25.2 Å². The van der Waals surface area contributed by atoms with Crippen LogP contribution in [-0.2, 0) is 19.1 Å². The maximum Gasteiger partial charge on any atom is 0.340 e. The number of hydrogen-bond acceptors (Lipinski definition) is 6. The molecule has 1 atom stereocenters. The molecule has 0 saturated heterocycles. The number of hydrogen-bond donors (Lipinski definition) is 1. The summed E-state index contributed by atoms with van der Waals surface area (Å²) in [7, 11) is 0. The van der Waals surface area contributed by atoms with Gasteiger partial charge in [0.25, 0.3) is 0 Å². The summed E-state index contributed by atoms with van der Waals surface area (Å²) < 4.78 is 43.3. The third-order valence-corrected chi connectivity index (χ3v) is 4.63. The van der Waals surface area contributed by atoms with Crippen molar-refractivity contribution in [1.82, 2.24) is 0 Å². The lowest BCUT2D eigenvalue weighted by atomic mass is 9.84. The van der Waals surface area contributed by atoms with Gasteiger partial charge in [0.1, 0.15) is 23.0 Å². The van der Waals surface area contributed by atoms with E-state index in [4.69, 9.17) is 19.9 Å². The SMILES string of the molecule is CCOC(=O)CC1C(C(=O)OCC)=C(N)Oc2ccc(-c3ccc(F)cc3F)cc21. The standard InChI is InChI=1S/C22H21F2NO5/c1-3-28-19(26)11-16-15-9-12(14-7-6-13(23)10-17(14)24)5-8-18(15)30-21(25)20(16)22(27)29-4-2/h5-10,16H,3-4,11,25H2,1-2H3. The van der Waals surface area contributed by atoms with Gasteiger partial charge in [0.05, 0.1) is 19.6 Å². The third-order valence-electron chi connectivity index (χ3n) is 4.63. The molecule has 0 saturated carbocycles. The molecule has 0 fully saturated rings. The van der Waals surface area contributed by atoms with Gasteiger partial charge in [0, 0.05) is 23.1 Å². The molecule has 2 N–H and O–H groups in total. The number of halogens is 2. The maximum absolute atomic E-state index is 14.3. The van der Waals surface area contributed by atoms with Crippen molar-refractivity contribution >= 4 is 11.9 Å². The Kier molecular flexibility index (Phi) is 6.34. The maximum atomic E-state index is 14.3. The number of ether oxygens (including phenoxy) is 3. The van der Waals surface area contributed by atoms with Gasteiger partial charge < -0.3 is 19.9 Å². The number of fused-ring (bicyclic) bond motifs is 1. The van der Waals surface area contributed by atoms with Gasteiger partial charge in [0.2, 0.25) is 5.88 Å². The van der Waals surface area contributed by atoms with Crippen LogP contribution in [0.3, 0.4) is 0 Å². The van der Waals surface area contributed by atoms with Crippen molar-refractivity contribution in [3.8, 4) is 16.9 Å². The Hall–Kier alpha value is -3.42. The zero-order valence-corrected chi connectivity index (χ0v) is 16.5. The zero-order valence-electron chi connectivity index (χ0n) is 16.5. The monoisotopic (exact) mass is 417 g/mol. The summed E-state index contributed by atoms with van der Waals surface area (Å²) in [6.07, 6.45) is -0.186. The van der Waals surface area contributed by atoms with E-state index in [1.165, 1.54) is 6.07 Å². The molecule has 6 nitrogen and oxygen atoms in total. The molecule has 8 heteroatoms. The predicted octanol–water partition coefficient (Wildman–Crippen LogP) is 3.79. The predicted molar refractivity (Wildman–Crippen MR) is 104 cm³/mol. The lowest BCUT2D eigenvalue weighted by Gasteiger charge is -2.28. The average Bonchev–Trinajstić information content (AvgIpc) is 2.68. The Morgan fingerprint density at radius 2 is 1.80 bits per heavy atom. The fourth-order valence-electron chi connectivity index (χ4n) is 3.36. The lowest BCUT2D eigenvalue weighted by molar-refractivity contribution is -0.143. The number of carbonyl (C=O) groups excluding carboxylic acids is 2. The highest BCUT2D eigenvalue weighted by Gasteiger charge is 2.36. The molecule has 1 heterocycles. The van der Waals surface area contributed by atoms with E-state index >= 15 is 0 Å². The Labute approximate surface area is 172 Å². The smallest absolute Gasteiger partial charge is 0.340 e. The van der Waals surface area contributed by atoms with Crippen LogP contribution >= 0.6 is 0 Å². The molecule has 158 valence electrons. The van der Waals surface area contributed by atoms with Crippen LogP contribution in [0.4, 0.5) is 8.78 Å². The Morgan fingerprint density at radius 3 is 2.47 bits per heavy atom. The van der Waals surface area contributed by atoms with Crippen LogP contribution in [0.25, 0.3) is 11.1 Å². The van der Waals surface area contributed by atoms with Gasteiger partial charge in [-0.3, -0.25) is 4.79 Å². The molecule has 1 aliphatic heterocycles. The molecule has 3 rings (SSSR count). The molecule has 2 aromatic rings. The first kappa shape index (κ1) is 21.3. The summed E-state index contributed by atoms with van der Waals surface area (Å²) in [4.78, 5) is 24.7. The highest BCUT2D eigenvalue weighted by atomic mass is 19.1. The van der Waals surface area contributed by atoms with Gasteiger partial charge in [-0.05, 0) is 43.7 Å². The Balaban J connectivity index is 2.10. The summed E-state index contributed by atoms with van der Waals surface area (Å²) in [5, 5.41) is 0. The van der Waals surface area contributed by atoms with Crippen LogP contribution in [0.5, 0.6) is 5.75 Å². The van der Waals surface area contributed by atoms with Crippen LogP contribution in [0.1, 0.15) is 31.7 Å². The highest BCUT2D eigenvalue weighted by Crippen LogP contribution is 2.43. The van der Waals surface area contributed by atoms with Crippen LogP contribution in [0, 0.1) is 11.6 Å². The van der Waals surface area contributed by atoms with E-state index in [9.17, 15) is 18.4 Å². The number of esters is 2. The van der Waals surface area contributed by atoms with E-state index in [2.05, 4.69) is 0 Å². The van der Waals surface area contributed by atoms with E-state index < -0.39 is 29.5 Å². The molecule has 2 aromatic carbocycles. The number of nitrogens with two attached hydrogens (primary N) is 1. The van der Waals surface area contributed by atoms with Gasteiger partial charge in [-0.25, -0.2) is 13.6 Å². The topological polar surface area (TPSA) is 87.9 Å². The number of benzene rings is 2. The lowest BCUT2D eigenvalue weighted by Crippen LogP contribution is -2.28. The molecule has 0 aliphatic carbocycles. The van der Waals surface area contributed by atoms with Crippen LogP contribution in [0.2, 0.25) is 0 Å². The first-order valence-electron chi connectivity index (χ1n) is 9.45. The van der Waals surface area contributed by atoms with Crippen molar-refractivity contribution in [2.24, 2.45) is 5.73 Å². The molecule has 0 spiro atoms. The average molecular weight is 417 g/mol. The van der Waals surface area contributed by atoms with E-state index in [0.717, 1.165) is 12.1 Å². The number of rotatable bonds is 6. The van der Waals surface area contributed by atoms with Crippen molar-refractivity contribution in [2.75, 3.05) is 13.2 Å². The molecule has 0 amide bonds. The van der Waals surface area contributed by atoms with Crippen molar-refractivity contribution < 1.29 is 32.6 Å². The molecule has 1 unspecified atom stereocenters. The second-order valence-corrected chi connectivity index (χ2v) is 6.54. The van der Waals surface area contributed by atoms with E-state index in [0.29, 0.717) is 16.9 Å². The summed E-state index contributed by atoms with van der Waals surface area (Å²) in [5.74, 6) is -3.35. The normalized spacial score (nSPS) is 15.3. The van der Waals surface area contributed by atoms with Crippen molar-refractivity contribution in [3.63, 3.8) is 0 Å². The third kappa shape index (κ3) is 4.27. The van der Waals surface area contributed by atoms with Crippen molar-refractivity contribution in [1.29, 1.82) is 0 Å². The van der Waals surface area contributed by atoms with E-state index in [1.807, 2.05) is 0 Å². The minimum atomic E-state index is -0.810. The van der Waals surface area contributed by atoms with E-state index in [1.54, 1.807) is 32.0 Å². The molecular formula is C22H21F2NO5. The summed E-state index contributed by atoms with van der Waals surface area (Å²) in [6, 6.07) is 7.96. The summed E-state index contributed by atoms with van der Waals surface area (Å²) >= 11 is 0. The minimum absolute atomic E-state index is 0.00543. The van der Waals surface area contributed by atoms with Gasteiger partial charge in [-0.1, -0.05) is 6.07 Å². The Bertz CT molecular complexity index is 1020. The first-order chi connectivity index (χ1) is 14.3. The highest BCUT2D eigenvalue weighted by molar-refractivity contribution is 5.93. The van der Waals surface area contributed by atoms with Crippen molar-refractivity contribution in [2.45, 2.75) is 26.2 Å². The minimum Gasteiger partial charge on any atom is -0.466 e. The molecule has 30 heavy (non-hydrogen) atoms. The van der Waals surface area contributed by atoms with Crippen LogP contribution < -0.4 is 10.5 Å². The fourth-order valence-corrected chi connectivity index (χ4v) is 3.36. The van der Waals surface area contributed by atoms with Gasteiger partial charge in [-0.2, -0.15) is 0 Å². The molecule has 0 bridgehead atoms. The molecule has 0 aromatic heterocycles. The van der Waals surface area contributed by atoms with Crippen molar-refractivity contribution in [3.05, 3.63) is 65.1 Å². The van der Waals surface area contributed by atoms with Gasteiger partial charge in [-0.15, -0.1) is 0 Å². The summed E-state index contributed by atoms with van der Waals surface area (Å²) in [6.45, 7) is 3.59. The van der Waals surface area contributed by atoms with E-state index in [-0.39, 0.29) is 36.7 Å². The fraction of sp³-hybridized carbons (Fsp3) is 0.273. The number of carbonyl (C=O) groups is 2. The largest absolute Gasteiger partial charge is 0.466 e. The van der Waals surface area contributed by atoms with Gasteiger partial charge in [0.15, 0.2) is 0 Å². The summed E-state index contributed by atoms with van der Waals surface area (Å²) in [5.41, 5.74) is 6.98. The van der Waals surface area contributed by atoms with Gasteiger partial charge >= 0.3 is 11.9 Å². The molecular weight excluding hydrogens is 396 g/mol.